The van der Waals surface area contributed by atoms with Crippen molar-refractivity contribution in [2.45, 2.75) is 6.54 Å². The fourth-order valence-corrected chi connectivity index (χ4v) is 1.64. The Labute approximate surface area is 109 Å². The lowest BCUT2D eigenvalue weighted by Crippen LogP contribution is -1.97. The van der Waals surface area contributed by atoms with Gasteiger partial charge in [0.25, 0.3) is 0 Å². The molecule has 7 heteroatoms. The van der Waals surface area contributed by atoms with Crippen LogP contribution in [0.4, 0.5) is 0 Å². The van der Waals surface area contributed by atoms with Crippen molar-refractivity contribution in [3.05, 3.63) is 23.6 Å². The standard InChI is InChI=1S/C12H12N4O3/c1-17-9-4-7(5-13)3-8(11(9)18-2)12-15-10(6-14)19-16-12/h3-4H,6,14H2,1-2H3. The number of hydrogen-bond acceptors (Lipinski definition) is 7. The van der Waals surface area contributed by atoms with Gasteiger partial charge in [0.15, 0.2) is 11.5 Å². The van der Waals surface area contributed by atoms with Gasteiger partial charge in [-0.3, -0.25) is 0 Å². The molecule has 0 saturated heterocycles. The molecule has 0 aliphatic carbocycles. The minimum Gasteiger partial charge on any atom is -0.493 e. The third kappa shape index (κ3) is 2.34. The van der Waals surface area contributed by atoms with Crippen LogP contribution >= 0.6 is 0 Å². The predicted octanol–water partition coefficient (Wildman–Crippen LogP) is 1.08. The molecule has 0 unspecified atom stereocenters. The average Bonchev–Trinajstić information content (AvgIpc) is 2.94. The highest BCUT2D eigenvalue weighted by atomic mass is 16.5. The predicted molar refractivity (Wildman–Crippen MR) is 65.4 cm³/mol. The molecule has 1 heterocycles. The van der Waals surface area contributed by atoms with Crippen molar-refractivity contribution in [1.29, 1.82) is 5.26 Å². The average molecular weight is 260 g/mol. The molecule has 98 valence electrons. The number of ether oxygens (including phenoxy) is 2. The molecule has 2 rings (SSSR count). The summed E-state index contributed by atoms with van der Waals surface area (Å²) >= 11 is 0. The summed E-state index contributed by atoms with van der Waals surface area (Å²) in [5, 5.41) is 12.8. The molecular formula is C12H12N4O3. The Kier molecular flexibility index (Phi) is 3.63. The fraction of sp³-hybridized carbons (Fsp3) is 0.250. The lowest BCUT2D eigenvalue weighted by molar-refractivity contribution is 0.355. The minimum atomic E-state index is 0.143. The second kappa shape index (κ2) is 5.37. The Morgan fingerprint density at radius 3 is 2.68 bits per heavy atom. The first-order chi connectivity index (χ1) is 9.23. The number of hydrogen-bond donors (Lipinski definition) is 1. The van der Waals surface area contributed by atoms with Crippen LogP contribution in [-0.2, 0) is 6.54 Å². The van der Waals surface area contributed by atoms with Crippen LogP contribution in [0.1, 0.15) is 11.5 Å². The number of nitrogens with two attached hydrogens (primary N) is 1. The van der Waals surface area contributed by atoms with Crippen molar-refractivity contribution in [2.75, 3.05) is 14.2 Å². The number of aromatic nitrogens is 2. The van der Waals surface area contributed by atoms with Crippen LogP contribution in [0.25, 0.3) is 11.4 Å². The Morgan fingerprint density at radius 2 is 2.16 bits per heavy atom. The molecule has 1 aromatic carbocycles. The second-order valence-corrected chi connectivity index (χ2v) is 3.59. The number of nitrogens with zero attached hydrogens (tertiary/aromatic N) is 3. The maximum atomic E-state index is 9.01. The van der Waals surface area contributed by atoms with E-state index in [1.54, 1.807) is 12.1 Å². The van der Waals surface area contributed by atoms with Crippen molar-refractivity contribution in [1.82, 2.24) is 10.1 Å². The molecule has 2 N–H and O–H groups in total. The van der Waals surface area contributed by atoms with Gasteiger partial charge in [-0.2, -0.15) is 10.2 Å². The number of methoxy groups -OCH3 is 2. The lowest BCUT2D eigenvalue weighted by atomic mass is 10.1. The topological polar surface area (TPSA) is 107 Å². The van der Waals surface area contributed by atoms with E-state index in [2.05, 4.69) is 10.1 Å². The third-order valence-corrected chi connectivity index (χ3v) is 2.49. The summed E-state index contributed by atoms with van der Waals surface area (Å²) in [5.74, 6) is 1.47. The van der Waals surface area contributed by atoms with E-state index in [0.717, 1.165) is 0 Å². The lowest BCUT2D eigenvalue weighted by Gasteiger charge is -2.10. The zero-order chi connectivity index (χ0) is 13.8. The van der Waals surface area contributed by atoms with Crippen LogP contribution < -0.4 is 15.2 Å². The van der Waals surface area contributed by atoms with Crippen LogP contribution in [0, 0.1) is 11.3 Å². The van der Waals surface area contributed by atoms with E-state index in [1.807, 2.05) is 6.07 Å². The van der Waals surface area contributed by atoms with Gasteiger partial charge in [0.05, 0.1) is 38.0 Å². The molecule has 0 bridgehead atoms. The van der Waals surface area contributed by atoms with Crippen LogP contribution in [0.15, 0.2) is 16.7 Å². The van der Waals surface area contributed by atoms with Gasteiger partial charge in [0.2, 0.25) is 11.7 Å². The number of benzene rings is 1. The maximum Gasteiger partial charge on any atom is 0.240 e. The first-order valence-corrected chi connectivity index (χ1v) is 5.42. The third-order valence-electron chi connectivity index (χ3n) is 2.49. The molecule has 0 fully saturated rings. The highest BCUT2D eigenvalue weighted by molar-refractivity contribution is 5.71. The zero-order valence-corrected chi connectivity index (χ0v) is 10.5. The summed E-state index contributed by atoms with van der Waals surface area (Å²) in [6.45, 7) is 0.143. The molecule has 2 aromatic rings. The summed E-state index contributed by atoms with van der Waals surface area (Å²) in [5.41, 5.74) is 6.34. The van der Waals surface area contributed by atoms with E-state index in [-0.39, 0.29) is 6.54 Å². The van der Waals surface area contributed by atoms with Gasteiger partial charge in [-0.25, -0.2) is 0 Å². The van der Waals surface area contributed by atoms with Crippen LogP contribution in [0.5, 0.6) is 11.5 Å². The van der Waals surface area contributed by atoms with Crippen LogP contribution in [0.3, 0.4) is 0 Å². The van der Waals surface area contributed by atoms with Crippen molar-refractivity contribution in [3.63, 3.8) is 0 Å². The minimum absolute atomic E-state index is 0.143. The van der Waals surface area contributed by atoms with Crippen molar-refractivity contribution >= 4 is 0 Å². The first-order valence-electron chi connectivity index (χ1n) is 5.42. The van der Waals surface area contributed by atoms with Gasteiger partial charge in [0, 0.05) is 6.07 Å². The highest BCUT2D eigenvalue weighted by Crippen LogP contribution is 2.37. The van der Waals surface area contributed by atoms with Crippen molar-refractivity contribution in [2.24, 2.45) is 5.73 Å². The van der Waals surface area contributed by atoms with Gasteiger partial charge < -0.3 is 19.7 Å². The molecular weight excluding hydrogens is 248 g/mol. The smallest absolute Gasteiger partial charge is 0.240 e. The Morgan fingerprint density at radius 1 is 1.37 bits per heavy atom. The molecule has 0 aliphatic rings. The van der Waals surface area contributed by atoms with E-state index in [4.69, 9.17) is 25.0 Å². The first kappa shape index (κ1) is 12.9. The van der Waals surface area contributed by atoms with Crippen molar-refractivity contribution < 1.29 is 14.0 Å². The van der Waals surface area contributed by atoms with Gasteiger partial charge in [-0.05, 0) is 6.07 Å². The van der Waals surface area contributed by atoms with Gasteiger partial charge in [0.1, 0.15) is 0 Å². The molecule has 0 saturated carbocycles. The molecule has 19 heavy (non-hydrogen) atoms. The maximum absolute atomic E-state index is 9.01. The summed E-state index contributed by atoms with van der Waals surface area (Å²) in [4.78, 5) is 4.11. The highest BCUT2D eigenvalue weighted by Gasteiger charge is 2.18. The second-order valence-electron chi connectivity index (χ2n) is 3.59. The molecule has 0 amide bonds. The Bertz CT molecular complexity index is 630. The monoisotopic (exact) mass is 260 g/mol. The normalized spacial score (nSPS) is 10.0. The van der Waals surface area contributed by atoms with E-state index in [1.165, 1.54) is 14.2 Å². The SMILES string of the molecule is COc1cc(C#N)cc(-c2noc(CN)n2)c1OC. The zero-order valence-electron chi connectivity index (χ0n) is 10.5. The Hall–Kier alpha value is -2.59. The summed E-state index contributed by atoms with van der Waals surface area (Å²) < 4.78 is 15.4. The summed E-state index contributed by atoms with van der Waals surface area (Å²) in [6.07, 6.45) is 0. The van der Waals surface area contributed by atoms with Crippen molar-refractivity contribution in [3.8, 4) is 29.0 Å². The van der Waals surface area contributed by atoms with E-state index in [9.17, 15) is 0 Å². The quantitative estimate of drug-likeness (QED) is 0.876. The van der Waals surface area contributed by atoms with Gasteiger partial charge in [-0.1, -0.05) is 5.16 Å². The number of rotatable bonds is 4. The van der Waals surface area contributed by atoms with Gasteiger partial charge in [-0.15, -0.1) is 0 Å². The Balaban J connectivity index is 2.63. The van der Waals surface area contributed by atoms with Crippen LogP contribution in [0.2, 0.25) is 0 Å². The van der Waals surface area contributed by atoms with E-state index in [0.29, 0.717) is 34.3 Å². The van der Waals surface area contributed by atoms with Gasteiger partial charge >= 0.3 is 0 Å². The van der Waals surface area contributed by atoms with E-state index < -0.39 is 0 Å². The number of nitriles is 1. The largest absolute Gasteiger partial charge is 0.493 e. The molecule has 0 aliphatic heterocycles. The molecule has 0 spiro atoms. The summed E-state index contributed by atoms with van der Waals surface area (Å²) in [7, 11) is 2.99. The molecule has 7 nitrogen and oxygen atoms in total. The molecule has 0 atom stereocenters. The molecule has 0 radical (unpaired) electrons. The molecule has 1 aromatic heterocycles. The van der Waals surface area contributed by atoms with E-state index >= 15 is 0 Å². The fourth-order valence-electron chi connectivity index (χ4n) is 1.64. The van der Waals surface area contributed by atoms with Crippen LogP contribution in [-0.4, -0.2) is 24.4 Å². The summed E-state index contributed by atoms with van der Waals surface area (Å²) in [6, 6.07) is 5.22.